The van der Waals surface area contributed by atoms with Gasteiger partial charge in [-0.05, 0) is 32.2 Å². The van der Waals surface area contributed by atoms with Crippen molar-refractivity contribution in [1.29, 1.82) is 0 Å². The molecule has 76 valence electrons. The lowest BCUT2D eigenvalue weighted by atomic mass is 9.85. The van der Waals surface area contributed by atoms with Crippen LogP contribution in [0.1, 0.15) is 55.8 Å². The predicted molar refractivity (Wildman–Crippen MR) is 50.9 cm³/mol. The van der Waals surface area contributed by atoms with E-state index in [1.807, 2.05) is 0 Å². The summed E-state index contributed by atoms with van der Waals surface area (Å²) in [6.45, 7) is 1.08. The van der Waals surface area contributed by atoms with Gasteiger partial charge in [-0.1, -0.05) is 11.6 Å². The molecule has 2 aliphatic rings. The number of hydrogen-bond acceptors (Lipinski definition) is 4. The third-order valence-corrected chi connectivity index (χ3v) is 3.29. The van der Waals surface area contributed by atoms with Gasteiger partial charge in [-0.3, -0.25) is 0 Å². The van der Waals surface area contributed by atoms with E-state index in [9.17, 15) is 0 Å². The zero-order valence-electron chi connectivity index (χ0n) is 8.20. The molecule has 1 unspecified atom stereocenters. The Kier molecular flexibility index (Phi) is 2.01. The number of rotatable bonds is 2. The second kappa shape index (κ2) is 3.35. The molecule has 0 radical (unpaired) electrons. The van der Waals surface area contributed by atoms with Crippen molar-refractivity contribution in [1.82, 2.24) is 15.5 Å². The van der Waals surface area contributed by atoms with E-state index in [2.05, 4.69) is 15.5 Å². The maximum atomic E-state index is 5.28. The molecule has 1 atom stereocenters. The van der Waals surface area contributed by atoms with Crippen LogP contribution in [0.4, 0.5) is 0 Å². The van der Waals surface area contributed by atoms with Crippen LogP contribution in [0.2, 0.25) is 0 Å². The minimum atomic E-state index is 0.316. The lowest BCUT2D eigenvalue weighted by molar-refractivity contribution is 0.328. The third kappa shape index (κ3) is 1.34. The third-order valence-electron chi connectivity index (χ3n) is 3.29. The van der Waals surface area contributed by atoms with Crippen LogP contribution < -0.4 is 5.32 Å². The number of aromatic nitrogens is 2. The number of nitrogens with zero attached hydrogens (tertiary/aromatic N) is 2. The topological polar surface area (TPSA) is 51.0 Å². The Morgan fingerprint density at radius 1 is 1.21 bits per heavy atom. The Labute approximate surface area is 83.1 Å². The summed E-state index contributed by atoms with van der Waals surface area (Å²) in [5, 5.41) is 7.42. The minimum Gasteiger partial charge on any atom is -0.338 e. The van der Waals surface area contributed by atoms with Gasteiger partial charge in [-0.25, -0.2) is 0 Å². The van der Waals surface area contributed by atoms with Gasteiger partial charge >= 0.3 is 0 Å². The van der Waals surface area contributed by atoms with Crippen LogP contribution in [-0.4, -0.2) is 16.7 Å². The first-order chi connectivity index (χ1) is 6.93. The summed E-state index contributed by atoms with van der Waals surface area (Å²) in [5.74, 6) is 2.30. The van der Waals surface area contributed by atoms with Crippen LogP contribution in [-0.2, 0) is 0 Å². The molecule has 4 heteroatoms. The molecule has 0 amide bonds. The van der Waals surface area contributed by atoms with Crippen LogP contribution in [0.5, 0.6) is 0 Å². The van der Waals surface area contributed by atoms with E-state index in [-0.39, 0.29) is 0 Å². The summed E-state index contributed by atoms with van der Waals surface area (Å²) in [4.78, 5) is 4.47. The Balaban J connectivity index is 1.75. The second-order valence-corrected chi connectivity index (χ2v) is 4.27. The maximum absolute atomic E-state index is 5.28. The molecule has 14 heavy (non-hydrogen) atoms. The van der Waals surface area contributed by atoms with Gasteiger partial charge in [-0.15, -0.1) is 0 Å². The molecule has 1 aromatic heterocycles. The van der Waals surface area contributed by atoms with E-state index < -0.39 is 0 Å². The highest BCUT2D eigenvalue weighted by atomic mass is 16.5. The molecule has 0 bridgehead atoms. The molecule has 1 aliphatic heterocycles. The Morgan fingerprint density at radius 3 is 2.79 bits per heavy atom. The van der Waals surface area contributed by atoms with Gasteiger partial charge in [-0.2, -0.15) is 4.98 Å². The van der Waals surface area contributed by atoms with Gasteiger partial charge < -0.3 is 9.84 Å². The maximum Gasteiger partial charge on any atom is 0.243 e. The normalized spacial score (nSPS) is 27.9. The van der Waals surface area contributed by atoms with E-state index >= 15 is 0 Å². The summed E-state index contributed by atoms with van der Waals surface area (Å²) in [5.41, 5.74) is 0. The smallest absolute Gasteiger partial charge is 0.243 e. The van der Waals surface area contributed by atoms with E-state index in [0.29, 0.717) is 12.0 Å². The summed E-state index contributed by atoms with van der Waals surface area (Å²) in [6, 6.07) is 0.316. The molecule has 0 aromatic carbocycles. The monoisotopic (exact) mass is 193 g/mol. The molecule has 1 saturated heterocycles. The van der Waals surface area contributed by atoms with Crippen molar-refractivity contribution in [2.24, 2.45) is 0 Å². The predicted octanol–water partition coefficient (Wildman–Crippen LogP) is 1.76. The Hall–Kier alpha value is -0.900. The highest BCUT2D eigenvalue weighted by Gasteiger charge is 2.27. The molecule has 3 rings (SSSR count). The zero-order valence-corrected chi connectivity index (χ0v) is 8.20. The lowest BCUT2D eigenvalue weighted by Gasteiger charge is -2.21. The first-order valence-electron chi connectivity index (χ1n) is 5.50. The molecule has 1 saturated carbocycles. The molecule has 0 spiro atoms. The molecule has 1 aliphatic carbocycles. The molecular weight excluding hydrogens is 178 g/mol. The van der Waals surface area contributed by atoms with Crippen molar-refractivity contribution in [3.05, 3.63) is 11.7 Å². The molecule has 1 aromatic rings. The zero-order chi connectivity index (χ0) is 9.38. The second-order valence-electron chi connectivity index (χ2n) is 4.27. The average molecular weight is 193 g/mol. The average Bonchev–Trinajstić information content (AvgIpc) is 2.65. The van der Waals surface area contributed by atoms with Crippen LogP contribution in [0.25, 0.3) is 0 Å². The summed E-state index contributed by atoms with van der Waals surface area (Å²) in [6.07, 6.45) is 6.13. The molecule has 1 N–H and O–H groups in total. The minimum absolute atomic E-state index is 0.316. The van der Waals surface area contributed by atoms with Gasteiger partial charge in [0.1, 0.15) is 0 Å². The fourth-order valence-corrected chi connectivity index (χ4v) is 2.12. The van der Waals surface area contributed by atoms with Crippen molar-refractivity contribution in [3.63, 3.8) is 0 Å². The van der Waals surface area contributed by atoms with E-state index in [1.165, 1.54) is 25.7 Å². The standard InChI is InChI=1S/C10H15N3O/c1-3-7(4-1)9-12-10(14-13-9)8-5-2-6-11-8/h7-8,11H,1-6H2. The van der Waals surface area contributed by atoms with Crippen molar-refractivity contribution in [2.75, 3.05) is 6.54 Å². The van der Waals surface area contributed by atoms with Crippen LogP contribution >= 0.6 is 0 Å². The Morgan fingerprint density at radius 2 is 2.14 bits per heavy atom. The summed E-state index contributed by atoms with van der Waals surface area (Å²) >= 11 is 0. The Bertz CT molecular complexity index is 313. The van der Waals surface area contributed by atoms with E-state index in [1.54, 1.807) is 0 Å². The highest BCUT2D eigenvalue weighted by Crippen LogP contribution is 2.35. The largest absolute Gasteiger partial charge is 0.338 e. The van der Waals surface area contributed by atoms with Crippen molar-refractivity contribution in [2.45, 2.75) is 44.1 Å². The van der Waals surface area contributed by atoms with Crippen LogP contribution in [0.15, 0.2) is 4.52 Å². The summed E-state index contributed by atoms with van der Waals surface area (Å²) in [7, 11) is 0. The molecular formula is C10H15N3O. The van der Waals surface area contributed by atoms with E-state index in [0.717, 1.165) is 24.7 Å². The first-order valence-corrected chi connectivity index (χ1v) is 5.50. The van der Waals surface area contributed by atoms with Crippen molar-refractivity contribution < 1.29 is 4.52 Å². The van der Waals surface area contributed by atoms with Gasteiger partial charge in [0.15, 0.2) is 5.82 Å². The molecule has 2 heterocycles. The highest BCUT2D eigenvalue weighted by molar-refractivity contribution is 5.02. The molecule has 2 fully saturated rings. The van der Waals surface area contributed by atoms with Crippen LogP contribution in [0, 0.1) is 0 Å². The van der Waals surface area contributed by atoms with Gasteiger partial charge in [0.2, 0.25) is 5.89 Å². The quantitative estimate of drug-likeness (QED) is 0.777. The van der Waals surface area contributed by atoms with Gasteiger partial charge in [0, 0.05) is 5.92 Å². The summed E-state index contributed by atoms with van der Waals surface area (Å²) < 4.78 is 5.28. The lowest BCUT2D eigenvalue weighted by Crippen LogP contribution is -2.14. The fourth-order valence-electron chi connectivity index (χ4n) is 2.12. The number of hydrogen-bond donors (Lipinski definition) is 1. The molecule has 4 nitrogen and oxygen atoms in total. The van der Waals surface area contributed by atoms with E-state index in [4.69, 9.17) is 4.52 Å². The van der Waals surface area contributed by atoms with Crippen molar-refractivity contribution in [3.8, 4) is 0 Å². The number of nitrogens with one attached hydrogen (secondary N) is 1. The first kappa shape index (κ1) is 8.41. The SMILES string of the molecule is C1CC(c2noc(C3CCCN3)n2)C1. The van der Waals surface area contributed by atoms with Crippen molar-refractivity contribution >= 4 is 0 Å². The van der Waals surface area contributed by atoms with Crippen LogP contribution in [0.3, 0.4) is 0 Å². The van der Waals surface area contributed by atoms with Gasteiger partial charge in [0.25, 0.3) is 0 Å². The van der Waals surface area contributed by atoms with Gasteiger partial charge in [0.05, 0.1) is 6.04 Å². The fraction of sp³-hybridized carbons (Fsp3) is 0.800.